The Kier molecular flexibility index (Phi) is 4.78. The van der Waals surface area contributed by atoms with E-state index in [2.05, 4.69) is 5.32 Å². The first-order chi connectivity index (χ1) is 11.9. The maximum Gasteiger partial charge on any atom is 0.254 e. The fourth-order valence-electron chi connectivity index (χ4n) is 3.08. The maximum atomic E-state index is 12.9. The number of carbonyl (C=O) groups is 2. The SMILES string of the molecule is CNC(=O)C[C@]1(O)COCCN(C(=O)c2ccc3oc(C)cc3c2)C1. The van der Waals surface area contributed by atoms with Crippen LogP contribution in [0.1, 0.15) is 22.5 Å². The molecule has 2 N–H and O–H groups in total. The van der Waals surface area contributed by atoms with E-state index >= 15 is 0 Å². The molecule has 2 heterocycles. The fourth-order valence-corrected chi connectivity index (χ4v) is 3.08. The summed E-state index contributed by atoms with van der Waals surface area (Å²) in [5, 5.41) is 14.0. The van der Waals surface area contributed by atoms with Crippen molar-refractivity contribution in [2.45, 2.75) is 18.9 Å². The van der Waals surface area contributed by atoms with Gasteiger partial charge in [-0.15, -0.1) is 0 Å². The quantitative estimate of drug-likeness (QED) is 0.868. The number of ether oxygens (including phenoxy) is 1. The van der Waals surface area contributed by atoms with Crippen molar-refractivity contribution in [1.82, 2.24) is 10.2 Å². The van der Waals surface area contributed by atoms with Gasteiger partial charge < -0.3 is 24.5 Å². The number of fused-ring (bicyclic) bond motifs is 1. The molecule has 2 aromatic rings. The number of amides is 2. The van der Waals surface area contributed by atoms with Crippen LogP contribution in [0, 0.1) is 6.92 Å². The topological polar surface area (TPSA) is 92.0 Å². The Labute approximate surface area is 145 Å². The van der Waals surface area contributed by atoms with Gasteiger partial charge >= 0.3 is 0 Å². The Morgan fingerprint density at radius 2 is 2.16 bits per heavy atom. The highest BCUT2D eigenvalue weighted by atomic mass is 16.5. The van der Waals surface area contributed by atoms with Crippen LogP contribution in [0.4, 0.5) is 0 Å². The third-order valence-corrected chi connectivity index (χ3v) is 4.30. The number of nitrogens with zero attached hydrogens (tertiary/aromatic N) is 1. The molecule has 7 heteroatoms. The van der Waals surface area contributed by atoms with E-state index < -0.39 is 5.60 Å². The van der Waals surface area contributed by atoms with Gasteiger partial charge in [-0.1, -0.05) is 0 Å². The average molecular weight is 346 g/mol. The molecule has 1 aromatic carbocycles. The fraction of sp³-hybridized carbons (Fsp3) is 0.444. The van der Waals surface area contributed by atoms with Crippen LogP contribution < -0.4 is 5.32 Å². The molecule has 1 fully saturated rings. The van der Waals surface area contributed by atoms with Crippen molar-refractivity contribution in [3.63, 3.8) is 0 Å². The summed E-state index contributed by atoms with van der Waals surface area (Å²) in [7, 11) is 1.51. The molecule has 25 heavy (non-hydrogen) atoms. The third kappa shape index (κ3) is 3.83. The van der Waals surface area contributed by atoms with E-state index in [4.69, 9.17) is 9.15 Å². The minimum atomic E-state index is -1.40. The molecule has 1 aliphatic rings. The van der Waals surface area contributed by atoms with Gasteiger partial charge in [0.05, 0.1) is 26.2 Å². The lowest BCUT2D eigenvalue weighted by molar-refractivity contribution is -0.128. The lowest BCUT2D eigenvalue weighted by Crippen LogP contribution is -2.49. The summed E-state index contributed by atoms with van der Waals surface area (Å²) < 4.78 is 10.9. The molecule has 2 amide bonds. The van der Waals surface area contributed by atoms with Crippen LogP contribution in [0.25, 0.3) is 11.0 Å². The van der Waals surface area contributed by atoms with Gasteiger partial charge in [-0.3, -0.25) is 9.59 Å². The molecule has 3 rings (SSSR count). The molecule has 1 aromatic heterocycles. The first-order valence-electron chi connectivity index (χ1n) is 8.20. The number of nitrogens with one attached hydrogen (secondary N) is 1. The highest BCUT2D eigenvalue weighted by Crippen LogP contribution is 2.23. The number of β-amino-alcohol motifs (C(OH)–C–C–N with tert-alkyl or cyclic N) is 1. The molecule has 0 unspecified atom stereocenters. The van der Waals surface area contributed by atoms with Crippen molar-refractivity contribution in [3.8, 4) is 0 Å². The van der Waals surface area contributed by atoms with Crippen LogP contribution in [0.2, 0.25) is 0 Å². The molecular formula is C18H22N2O5. The van der Waals surface area contributed by atoms with Gasteiger partial charge in [-0.05, 0) is 31.2 Å². The highest BCUT2D eigenvalue weighted by molar-refractivity contribution is 5.98. The predicted octanol–water partition coefficient (Wildman–Crippen LogP) is 1.08. The molecule has 0 radical (unpaired) electrons. The monoisotopic (exact) mass is 346 g/mol. The lowest BCUT2D eigenvalue weighted by Gasteiger charge is -2.30. The van der Waals surface area contributed by atoms with Crippen molar-refractivity contribution < 1.29 is 23.8 Å². The summed E-state index contributed by atoms with van der Waals surface area (Å²) in [5.74, 6) is 0.278. The predicted molar refractivity (Wildman–Crippen MR) is 91.3 cm³/mol. The second-order valence-electron chi connectivity index (χ2n) is 6.46. The Bertz CT molecular complexity index is 800. The number of furan rings is 1. The van der Waals surface area contributed by atoms with Gasteiger partial charge in [0.25, 0.3) is 5.91 Å². The zero-order valence-electron chi connectivity index (χ0n) is 14.4. The van der Waals surface area contributed by atoms with E-state index in [-0.39, 0.29) is 31.4 Å². The van der Waals surface area contributed by atoms with E-state index in [1.807, 2.05) is 13.0 Å². The number of rotatable bonds is 3. The standard InChI is InChI=1S/C18H22N2O5/c1-12-7-14-8-13(3-4-15(14)25-12)17(22)20-5-6-24-11-18(23,10-20)9-16(21)19-2/h3-4,7-8,23H,5-6,9-11H2,1-2H3,(H,19,21)/t18-/m1/s1. The summed E-state index contributed by atoms with van der Waals surface area (Å²) in [6.07, 6.45) is -0.118. The average Bonchev–Trinajstić information content (AvgIpc) is 2.84. The molecule has 0 bridgehead atoms. The van der Waals surface area contributed by atoms with Gasteiger partial charge in [-0.2, -0.15) is 0 Å². The molecule has 1 atom stereocenters. The van der Waals surface area contributed by atoms with Crippen molar-refractivity contribution >= 4 is 22.8 Å². The van der Waals surface area contributed by atoms with Crippen LogP contribution in [0.5, 0.6) is 0 Å². The largest absolute Gasteiger partial charge is 0.461 e. The minimum Gasteiger partial charge on any atom is -0.461 e. The normalized spacial score (nSPS) is 21.2. The van der Waals surface area contributed by atoms with Crippen molar-refractivity contribution in [2.75, 3.05) is 33.4 Å². The molecule has 0 spiro atoms. The van der Waals surface area contributed by atoms with Crippen LogP contribution in [0.3, 0.4) is 0 Å². The Morgan fingerprint density at radius 1 is 1.36 bits per heavy atom. The van der Waals surface area contributed by atoms with Crippen LogP contribution in [0.15, 0.2) is 28.7 Å². The summed E-state index contributed by atoms with van der Waals surface area (Å²) >= 11 is 0. The number of benzene rings is 1. The lowest BCUT2D eigenvalue weighted by atomic mass is 9.99. The van der Waals surface area contributed by atoms with Crippen LogP contribution in [-0.4, -0.2) is 60.8 Å². The van der Waals surface area contributed by atoms with Crippen LogP contribution in [-0.2, 0) is 9.53 Å². The summed E-state index contributed by atoms with van der Waals surface area (Å²) in [6.45, 7) is 2.59. The zero-order valence-corrected chi connectivity index (χ0v) is 14.4. The molecule has 7 nitrogen and oxygen atoms in total. The number of carbonyl (C=O) groups excluding carboxylic acids is 2. The number of aliphatic hydroxyl groups is 1. The molecule has 0 aliphatic carbocycles. The van der Waals surface area contributed by atoms with Crippen LogP contribution >= 0.6 is 0 Å². The Balaban J connectivity index is 1.82. The first-order valence-corrected chi connectivity index (χ1v) is 8.20. The Hall–Kier alpha value is -2.38. The summed E-state index contributed by atoms with van der Waals surface area (Å²) in [4.78, 5) is 26.1. The number of hydrogen-bond donors (Lipinski definition) is 2. The summed E-state index contributed by atoms with van der Waals surface area (Å²) in [5.41, 5.74) is -0.162. The maximum absolute atomic E-state index is 12.9. The van der Waals surface area contributed by atoms with Gasteiger partial charge in [0.2, 0.25) is 5.91 Å². The van der Waals surface area contributed by atoms with Gasteiger partial charge in [-0.25, -0.2) is 0 Å². The second-order valence-corrected chi connectivity index (χ2v) is 6.46. The smallest absolute Gasteiger partial charge is 0.254 e. The Morgan fingerprint density at radius 3 is 2.92 bits per heavy atom. The zero-order chi connectivity index (χ0) is 18.0. The molecule has 134 valence electrons. The van der Waals surface area contributed by atoms with Gasteiger partial charge in [0.1, 0.15) is 16.9 Å². The van der Waals surface area contributed by atoms with E-state index in [1.165, 1.54) is 11.9 Å². The van der Waals surface area contributed by atoms with Crippen molar-refractivity contribution in [2.24, 2.45) is 0 Å². The van der Waals surface area contributed by atoms with E-state index in [1.54, 1.807) is 18.2 Å². The number of hydrogen-bond acceptors (Lipinski definition) is 5. The molecule has 1 saturated heterocycles. The minimum absolute atomic E-state index is 0.0180. The first kappa shape index (κ1) is 17.4. The van der Waals surface area contributed by atoms with Crippen molar-refractivity contribution in [3.05, 3.63) is 35.6 Å². The highest BCUT2D eigenvalue weighted by Gasteiger charge is 2.36. The number of aryl methyl sites for hydroxylation is 1. The molecule has 0 saturated carbocycles. The summed E-state index contributed by atoms with van der Waals surface area (Å²) in [6, 6.07) is 7.12. The van der Waals surface area contributed by atoms with Gasteiger partial charge in [0, 0.05) is 24.5 Å². The van der Waals surface area contributed by atoms with Gasteiger partial charge in [0.15, 0.2) is 0 Å². The molecule has 1 aliphatic heterocycles. The molecular weight excluding hydrogens is 324 g/mol. The van der Waals surface area contributed by atoms with E-state index in [9.17, 15) is 14.7 Å². The van der Waals surface area contributed by atoms with E-state index in [0.717, 1.165) is 16.7 Å². The second kappa shape index (κ2) is 6.85. The van der Waals surface area contributed by atoms with E-state index in [0.29, 0.717) is 18.7 Å². The third-order valence-electron chi connectivity index (χ3n) is 4.30. The van der Waals surface area contributed by atoms with Crippen molar-refractivity contribution in [1.29, 1.82) is 0 Å².